The maximum Gasteiger partial charge on any atom is 0.417 e. The van der Waals surface area contributed by atoms with Crippen molar-refractivity contribution in [3.63, 3.8) is 0 Å². The van der Waals surface area contributed by atoms with Crippen molar-refractivity contribution in [3.05, 3.63) is 46.6 Å². The lowest BCUT2D eigenvalue weighted by atomic mass is 10.1. The maximum atomic E-state index is 13.4. The first-order chi connectivity index (χ1) is 16.4. The lowest BCUT2D eigenvalue weighted by molar-refractivity contribution is -0.137. The molecule has 1 aliphatic carbocycles. The first kappa shape index (κ1) is 25.6. The highest BCUT2D eigenvalue weighted by atomic mass is 35.5. The molecule has 0 bridgehead atoms. The first-order valence-corrected chi connectivity index (χ1v) is 13.5. The van der Waals surface area contributed by atoms with E-state index in [9.17, 15) is 26.4 Å². The van der Waals surface area contributed by atoms with Gasteiger partial charge in [0, 0.05) is 38.6 Å². The van der Waals surface area contributed by atoms with Gasteiger partial charge in [-0.2, -0.15) is 13.2 Å². The number of sulfone groups is 1. The number of ether oxygens (including phenoxy) is 1. The third kappa shape index (κ3) is 5.83. The van der Waals surface area contributed by atoms with Gasteiger partial charge in [0.15, 0.2) is 9.84 Å². The second-order valence-electron chi connectivity index (χ2n) is 8.76. The number of nitrogens with zero attached hydrogens (tertiary/aromatic N) is 3. The highest BCUT2D eigenvalue weighted by Gasteiger charge is 2.33. The van der Waals surface area contributed by atoms with Crippen molar-refractivity contribution in [1.82, 2.24) is 9.88 Å². The summed E-state index contributed by atoms with van der Waals surface area (Å²) in [7, 11) is -3.53. The zero-order valence-corrected chi connectivity index (χ0v) is 20.6. The van der Waals surface area contributed by atoms with Crippen molar-refractivity contribution < 1.29 is 31.1 Å². The Labute approximate surface area is 206 Å². The van der Waals surface area contributed by atoms with Crippen molar-refractivity contribution in [2.45, 2.75) is 42.9 Å². The van der Waals surface area contributed by atoms with Crippen LogP contribution in [0, 0.1) is 0 Å². The van der Waals surface area contributed by atoms with Crippen LogP contribution in [0.3, 0.4) is 0 Å². The Morgan fingerprint density at radius 3 is 2.34 bits per heavy atom. The molecule has 35 heavy (non-hydrogen) atoms. The summed E-state index contributed by atoms with van der Waals surface area (Å²) >= 11 is 6.07. The molecule has 190 valence electrons. The monoisotopic (exact) mass is 531 g/mol. The van der Waals surface area contributed by atoms with E-state index in [-0.39, 0.29) is 46.4 Å². The summed E-state index contributed by atoms with van der Waals surface area (Å²) in [6.07, 6.45) is 1.09. The highest BCUT2D eigenvalue weighted by Crippen LogP contribution is 2.34. The number of anilines is 1. The molecule has 2 aliphatic rings. The molecule has 2 heterocycles. The average Bonchev–Trinajstić information content (AvgIpc) is 3.31. The summed E-state index contributed by atoms with van der Waals surface area (Å²) in [6.45, 7) is 1.11. The Morgan fingerprint density at radius 2 is 1.77 bits per heavy atom. The molecular formula is C23H25ClF3N3O4S. The van der Waals surface area contributed by atoms with Crippen LogP contribution in [0.15, 0.2) is 35.4 Å². The number of piperazine rings is 1. The van der Waals surface area contributed by atoms with Crippen LogP contribution in [-0.2, 0) is 16.0 Å². The summed E-state index contributed by atoms with van der Waals surface area (Å²) in [5.74, 6) is 0.204. The molecule has 0 spiro atoms. The molecule has 4 rings (SSSR count). The number of hydrogen-bond acceptors (Lipinski definition) is 6. The molecule has 12 heteroatoms. The van der Waals surface area contributed by atoms with Gasteiger partial charge < -0.3 is 14.5 Å². The van der Waals surface area contributed by atoms with Crippen molar-refractivity contribution in [2.24, 2.45) is 0 Å². The zero-order chi connectivity index (χ0) is 25.4. The fourth-order valence-electron chi connectivity index (χ4n) is 4.31. The highest BCUT2D eigenvalue weighted by molar-refractivity contribution is 7.90. The van der Waals surface area contributed by atoms with Crippen molar-refractivity contribution >= 4 is 33.2 Å². The van der Waals surface area contributed by atoms with Crippen LogP contribution in [0.25, 0.3) is 0 Å². The lowest BCUT2D eigenvalue weighted by Gasteiger charge is -2.36. The molecule has 1 aromatic heterocycles. The fraction of sp³-hybridized carbons (Fsp3) is 0.478. The van der Waals surface area contributed by atoms with Gasteiger partial charge in [0.2, 0.25) is 0 Å². The smallest absolute Gasteiger partial charge is 0.417 e. The van der Waals surface area contributed by atoms with Gasteiger partial charge in [-0.3, -0.25) is 4.79 Å². The maximum absolute atomic E-state index is 13.4. The second-order valence-corrected chi connectivity index (χ2v) is 11.2. The number of benzene rings is 1. The normalized spacial score (nSPS) is 17.6. The zero-order valence-electron chi connectivity index (χ0n) is 19.0. The van der Waals surface area contributed by atoms with Crippen LogP contribution in [0.1, 0.15) is 41.6 Å². The molecule has 1 amide bonds. The Bertz CT molecular complexity index is 1210. The van der Waals surface area contributed by atoms with Crippen LogP contribution in [0.5, 0.6) is 5.75 Å². The average molecular weight is 532 g/mol. The van der Waals surface area contributed by atoms with Crippen LogP contribution in [-0.4, -0.2) is 62.7 Å². The predicted octanol–water partition coefficient (Wildman–Crippen LogP) is 4.44. The Kier molecular flexibility index (Phi) is 7.19. The SMILES string of the molecule is CS(=O)(=O)c1ccc(OC2CCCC2)c(C(=O)N2CCN(c3ncc(C(F)(F)F)cc3Cl)CC2)c1. The van der Waals surface area contributed by atoms with E-state index in [4.69, 9.17) is 16.3 Å². The van der Waals surface area contributed by atoms with Crippen molar-refractivity contribution in [3.8, 4) is 5.75 Å². The minimum absolute atomic E-state index is 0.0182. The number of hydrogen-bond donors (Lipinski definition) is 0. The van der Waals surface area contributed by atoms with Gasteiger partial charge in [-0.05, 0) is 49.9 Å². The van der Waals surface area contributed by atoms with E-state index in [2.05, 4.69) is 4.98 Å². The minimum atomic E-state index is -4.54. The first-order valence-electron chi connectivity index (χ1n) is 11.2. The molecule has 1 aliphatic heterocycles. The summed E-state index contributed by atoms with van der Waals surface area (Å²) in [6, 6.07) is 5.16. The molecule has 2 aromatic rings. The van der Waals surface area contributed by atoms with E-state index in [0.29, 0.717) is 18.8 Å². The van der Waals surface area contributed by atoms with Gasteiger partial charge in [-0.25, -0.2) is 13.4 Å². The van der Waals surface area contributed by atoms with E-state index in [1.54, 1.807) is 9.80 Å². The summed E-state index contributed by atoms with van der Waals surface area (Å²) in [4.78, 5) is 20.6. The number of alkyl halides is 3. The number of carbonyl (C=O) groups is 1. The summed E-state index contributed by atoms with van der Waals surface area (Å²) < 4.78 is 69.0. The lowest BCUT2D eigenvalue weighted by Crippen LogP contribution is -2.49. The number of amides is 1. The molecule has 1 aromatic carbocycles. The number of rotatable bonds is 5. The van der Waals surface area contributed by atoms with E-state index >= 15 is 0 Å². The van der Waals surface area contributed by atoms with E-state index in [0.717, 1.165) is 44.2 Å². The number of carbonyl (C=O) groups excluding carboxylic acids is 1. The third-order valence-electron chi connectivity index (χ3n) is 6.22. The molecule has 0 N–H and O–H groups in total. The number of aromatic nitrogens is 1. The number of halogens is 4. The topological polar surface area (TPSA) is 79.8 Å². The Morgan fingerprint density at radius 1 is 1.11 bits per heavy atom. The van der Waals surface area contributed by atoms with Gasteiger partial charge in [0.05, 0.1) is 27.1 Å². The van der Waals surface area contributed by atoms with Gasteiger partial charge >= 0.3 is 6.18 Å². The molecule has 0 atom stereocenters. The van der Waals surface area contributed by atoms with Gasteiger partial charge in [-0.15, -0.1) is 0 Å². The summed E-state index contributed by atoms with van der Waals surface area (Å²) in [5.41, 5.74) is -0.750. The van der Waals surface area contributed by atoms with Crippen LogP contribution in [0.2, 0.25) is 5.02 Å². The predicted molar refractivity (Wildman–Crippen MR) is 125 cm³/mol. The molecular weight excluding hydrogens is 507 g/mol. The quantitative estimate of drug-likeness (QED) is 0.567. The Balaban J connectivity index is 1.51. The summed E-state index contributed by atoms with van der Waals surface area (Å²) in [5, 5.41) is -0.118. The van der Waals surface area contributed by atoms with Crippen LogP contribution < -0.4 is 9.64 Å². The Hall–Kier alpha value is -2.53. The molecule has 2 fully saturated rings. The van der Waals surface area contributed by atoms with Gasteiger partial charge in [0.25, 0.3) is 5.91 Å². The minimum Gasteiger partial charge on any atom is -0.490 e. The number of pyridine rings is 1. The van der Waals surface area contributed by atoms with Gasteiger partial charge in [0.1, 0.15) is 11.6 Å². The van der Waals surface area contributed by atoms with E-state index in [1.165, 1.54) is 18.2 Å². The fourth-order valence-corrected chi connectivity index (χ4v) is 5.24. The standard InChI is InChI=1S/C23H25ClF3N3O4S/c1-35(32,33)17-6-7-20(34-16-4-2-3-5-16)18(13-17)22(31)30-10-8-29(9-11-30)21-19(24)12-15(14-28-21)23(25,26)27/h6-7,12-14,16H,2-5,8-11H2,1H3. The molecule has 7 nitrogen and oxygen atoms in total. The largest absolute Gasteiger partial charge is 0.490 e. The van der Waals surface area contributed by atoms with Crippen LogP contribution >= 0.6 is 11.6 Å². The molecule has 1 saturated heterocycles. The molecule has 0 radical (unpaired) electrons. The van der Waals surface area contributed by atoms with Gasteiger partial charge in [-0.1, -0.05) is 11.6 Å². The second kappa shape index (κ2) is 9.85. The van der Waals surface area contributed by atoms with E-state index < -0.39 is 21.6 Å². The van der Waals surface area contributed by atoms with Crippen LogP contribution in [0.4, 0.5) is 19.0 Å². The van der Waals surface area contributed by atoms with E-state index in [1.807, 2.05) is 0 Å². The van der Waals surface area contributed by atoms with Crippen molar-refractivity contribution in [2.75, 3.05) is 37.3 Å². The third-order valence-corrected chi connectivity index (χ3v) is 7.61. The van der Waals surface area contributed by atoms with Crippen molar-refractivity contribution in [1.29, 1.82) is 0 Å². The molecule has 0 unspecified atom stereocenters. The molecule has 1 saturated carbocycles.